The van der Waals surface area contributed by atoms with Gasteiger partial charge in [-0.15, -0.1) is 0 Å². The van der Waals surface area contributed by atoms with Gasteiger partial charge < -0.3 is 0 Å². The molecule has 2 aromatic heterocycles. The van der Waals surface area contributed by atoms with Gasteiger partial charge in [-0.25, -0.2) is 9.67 Å². The molecule has 0 N–H and O–H groups in total. The molecular formula is C30H21N5O3S. The Morgan fingerprint density at radius 2 is 1.64 bits per heavy atom. The standard InChI is InChI=1S/C30H21N5O3S/c36-29-26(19-21-10-9-15-24(18-21)35(37)38)39-30(34(29)27-16-7-8-17-31-27)25-20-33(23-13-5-2-6-14-23)32-28(25)22-11-3-1-4-12-22/h1-20,30H. The summed E-state index contributed by atoms with van der Waals surface area (Å²) in [5.41, 5.74) is 3.96. The first kappa shape index (κ1) is 24.3. The average Bonchev–Trinajstić information content (AvgIpc) is 3.56. The molecule has 1 saturated heterocycles. The number of amides is 1. The van der Waals surface area contributed by atoms with E-state index in [2.05, 4.69) is 4.98 Å². The van der Waals surface area contributed by atoms with Crippen molar-refractivity contribution in [3.8, 4) is 16.9 Å². The van der Waals surface area contributed by atoms with Crippen molar-refractivity contribution in [1.82, 2.24) is 14.8 Å². The quantitative estimate of drug-likeness (QED) is 0.138. The lowest BCUT2D eigenvalue weighted by Crippen LogP contribution is -2.28. The molecule has 9 heteroatoms. The van der Waals surface area contributed by atoms with Gasteiger partial charge in [0.2, 0.25) is 0 Å². The lowest BCUT2D eigenvalue weighted by Gasteiger charge is -2.22. The van der Waals surface area contributed by atoms with E-state index in [1.807, 2.05) is 77.6 Å². The molecule has 5 aromatic rings. The summed E-state index contributed by atoms with van der Waals surface area (Å²) in [5.74, 6) is 0.274. The van der Waals surface area contributed by atoms with Crippen LogP contribution in [0.5, 0.6) is 0 Å². The zero-order chi connectivity index (χ0) is 26.8. The SMILES string of the molecule is O=C1C(=Cc2cccc([N+](=O)[O-])c2)SC(c2cn(-c3ccccc3)nc2-c2ccccc2)N1c1ccccn1. The molecule has 0 spiro atoms. The van der Waals surface area contributed by atoms with E-state index >= 15 is 0 Å². The van der Waals surface area contributed by atoms with Crippen LogP contribution in [0.2, 0.25) is 0 Å². The number of carbonyl (C=O) groups is 1. The minimum absolute atomic E-state index is 0.0339. The van der Waals surface area contributed by atoms with Gasteiger partial charge >= 0.3 is 0 Å². The summed E-state index contributed by atoms with van der Waals surface area (Å²) >= 11 is 1.38. The number of nitro groups is 1. The molecule has 1 atom stereocenters. The van der Waals surface area contributed by atoms with Crippen LogP contribution in [0.25, 0.3) is 23.0 Å². The van der Waals surface area contributed by atoms with E-state index in [9.17, 15) is 14.9 Å². The largest absolute Gasteiger partial charge is 0.275 e. The maximum atomic E-state index is 13.9. The summed E-state index contributed by atoms with van der Waals surface area (Å²) in [6.45, 7) is 0. The van der Waals surface area contributed by atoms with E-state index in [1.54, 1.807) is 41.4 Å². The zero-order valence-electron chi connectivity index (χ0n) is 20.5. The number of hydrogen-bond donors (Lipinski definition) is 0. The van der Waals surface area contributed by atoms with Gasteiger partial charge in [-0.2, -0.15) is 5.10 Å². The van der Waals surface area contributed by atoms with E-state index in [-0.39, 0.29) is 11.6 Å². The van der Waals surface area contributed by atoms with Gasteiger partial charge in [0.1, 0.15) is 11.2 Å². The summed E-state index contributed by atoms with van der Waals surface area (Å²) in [6, 6.07) is 31.3. The molecule has 0 saturated carbocycles. The van der Waals surface area contributed by atoms with Crippen LogP contribution in [0.15, 0.2) is 120 Å². The van der Waals surface area contributed by atoms with Crippen LogP contribution in [0, 0.1) is 10.1 Å². The number of nitrogens with zero attached hydrogens (tertiary/aromatic N) is 5. The first-order chi connectivity index (χ1) is 19.1. The first-order valence-corrected chi connectivity index (χ1v) is 13.0. The van der Waals surface area contributed by atoms with Gasteiger partial charge in [-0.3, -0.25) is 19.8 Å². The Bertz CT molecular complexity index is 1690. The monoisotopic (exact) mass is 531 g/mol. The molecule has 0 aliphatic carbocycles. The third-order valence-corrected chi connectivity index (χ3v) is 7.49. The Labute approximate surface area is 228 Å². The summed E-state index contributed by atoms with van der Waals surface area (Å²) in [6.07, 6.45) is 5.30. The van der Waals surface area contributed by atoms with Crippen molar-refractivity contribution < 1.29 is 9.72 Å². The molecule has 1 unspecified atom stereocenters. The third kappa shape index (κ3) is 4.83. The number of para-hydroxylation sites is 1. The summed E-state index contributed by atoms with van der Waals surface area (Å²) in [4.78, 5) is 31.3. The topological polar surface area (TPSA) is 94.2 Å². The molecule has 190 valence electrons. The molecule has 1 aliphatic rings. The fourth-order valence-corrected chi connectivity index (χ4v) is 5.70. The number of benzene rings is 3. The number of aromatic nitrogens is 3. The third-order valence-electron chi connectivity index (χ3n) is 6.25. The van der Waals surface area contributed by atoms with Crippen molar-refractivity contribution in [1.29, 1.82) is 0 Å². The van der Waals surface area contributed by atoms with Crippen molar-refractivity contribution in [2.75, 3.05) is 4.90 Å². The maximum absolute atomic E-state index is 13.9. The van der Waals surface area contributed by atoms with E-state index < -0.39 is 10.3 Å². The van der Waals surface area contributed by atoms with Crippen LogP contribution >= 0.6 is 11.8 Å². The Hall–Kier alpha value is -5.02. The molecule has 1 fully saturated rings. The van der Waals surface area contributed by atoms with Gasteiger partial charge in [0.15, 0.2) is 0 Å². The van der Waals surface area contributed by atoms with Crippen LogP contribution < -0.4 is 4.90 Å². The van der Waals surface area contributed by atoms with Crippen LogP contribution in [-0.4, -0.2) is 25.6 Å². The van der Waals surface area contributed by atoms with Gasteiger partial charge in [-0.1, -0.05) is 78.5 Å². The van der Waals surface area contributed by atoms with Crippen LogP contribution in [0.4, 0.5) is 11.5 Å². The summed E-state index contributed by atoms with van der Waals surface area (Å²) in [5, 5.41) is 15.8. The van der Waals surface area contributed by atoms with Crippen molar-refractivity contribution in [2.24, 2.45) is 0 Å². The van der Waals surface area contributed by atoms with Gasteiger partial charge in [0, 0.05) is 35.7 Å². The number of hydrogen-bond acceptors (Lipinski definition) is 6. The molecule has 0 radical (unpaired) electrons. The van der Waals surface area contributed by atoms with Crippen LogP contribution in [0.1, 0.15) is 16.5 Å². The second kappa shape index (κ2) is 10.4. The summed E-state index contributed by atoms with van der Waals surface area (Å²) in [7, 11) is 0. The summed E-state index contributed by atoms with van der Waals surface area (Å²) < 4.78 is 1.82. The predicted molar refractivity (Wildman–Crippen MR) is 152 cm³/mol. The lowest BCUT2D eigenvalue weighted by molar-refractivity contribution is -0.384. The Morgan fingerprint density at radius 1 is 0.897 bits per heavy atom. The fraction of sp³-hybridized carbons (Fsp3) is 0.0333. The van der Waals surface area contributed by atoms with Crippen LogP contribution in [0.3, 0.4) is 0 Å². The smallest absolute Gasteiger partial charge is 0.270 e. The van der Waals surface area contributed by atoms with Crippen molar-refractivity contribution in [3.05, 3.63) is 142 Å². The first-order valence-electron chi connectivity index (χ1n) is 12.2. The Balaban J connectivity index is 1.50. The van der Waals surface area contributed by atoms with Gasteiger partial charge in [-0.05, 0) is 35.9 Å². The zero-order valence-corrected chi connectivity index (χ0v) is 21.3. The molecule has 8 nitrogen and oxygen atoms in total. The average molecular weight is 532 g/mol. The lowest BCUT2D eigenvalue weighted by atomic mass is 10.1. The molecule has 39 heavy (non-hydrogen) atoms. The molecular weight excluding hydrogens is 510 g/mol. The van der Waals surface area contributed by atoms with E-state index in [4.69, 9.17) is 5.10 Å². The normalized spacial score (nSPS) is 16.1. The predicted octanol–water partition coefficient (Wildman–Crippen LogP) is 6.66. The van der Waals surface area contributed by atoms with Gasteiger partial charge in [0.05, 0.1) is 21.2 Å². The van der Waals surface area contributed by atoms with E-state index in [1.165, 1.54) is 23.9 Å². The number of thioether (sulfide) groups is 1. The highest BCUT2D eigenvalue weighted by molar-refractivity contribution is 8.05. The number of rotatable bonds is 6. The Kier molecular flexibility index (Phi) is 6.48. The second-order valence-electron chi connectivity index (χ2n) is 8.77. The van der Waals surface area contributed by atoms with Crippen molar-refractivity contribution in [3.63, 3.8) is 0 Å². The second-order valence-corrected chi connectivity index (χ2v) is 9.90. The number of pyridine rings is 1. The molecule has 0 bridgehead atoms. The fourth-order valence-electron chi connectivity index (χ4n) is 4.45. The highest BCUT2D eigenvalue weighted by Gasteiger charge is 2.41. The minimum atomic E-state index is -0.468. The van der Waals surface area contributed by atoms with Crippen LogP contribution in [-0.2, 0) is 4.79 Å². The van der Waals surface area contributed by atoms with E-state index in [0.29, 0.717) is 16.3 Å². The molecule has 1 amide bonds. The number of nitro benzene ring substituents is 1. The maximum Gasteiger partial charge on any atom is 0.270 e. The molecule has 3 heterocycles. The molecule has 1 aliphatic heterocycles. The van der Waals surface area contributed by atoms with Crippen molar-refractivity contribution in [2.45, 2.75) is 5.37 Å². The minimum Gasteiger partial charge on any atom is -0.275 e. The van der Waals surface area contributed by atoms with Crippen molar-refractivity contribution >= 4 is 35.3 Å². The number of anilines is 1. The molecule has 6 rings (SSSR count). The molecule has 3 aromatic carbocycles. The number of carbonyl (C=O) groups excluding carboxylic acids is 1. The van der Waals surface area contributed by atoms with E-state index in [0.717, 1.165) is 22.5 Å². The Morgan fingerprint density at radius 3 is 2.36 bits per heavy atom. The highest BCUT2D eigenvalue weighted by atomic mass is 32.2. The highest BCUT2D eigenvalue weighted by Crippen LogP contribution is 2.50. The number of non-ortho nitro benzene ring substituents is 1. The van der Waals surface area contributed by atoms with Gasteiger partial charge in [0.25, 0.3) is 11.6 Å².